The lowest BCUT2D eigenvalue weighted by Gasteiger charge is -2.13. The monoisotopic (exact) mass is 254 g/mol. The Balaban J connectivity index is 2.96. The number of hydrogen-bond acceptors (Lipinski definition) is 3. The number of para-hydroxylation sites is 1. The summed E-state index contributed by atoms with van der Waals surface area (Å²) in [7, 11) is 0. The standard InChI is InChI=1S/C13H15ClO3/c1-3-16-12-6-4-5-11(8-15)13(12)17-9-10(2)7-14/h4-8H,3,9H2,1-2H3/b10-7+. The lowest BCUT2D eigenvalue weighted by molar-refractivity contribution is 0.111. The molecule has 1 aromatic carbocycles. The number of carbonyl (C=O) groups excluding carboxylic acids is 1. The Morgan fingerprint density at radius 3 is 2.76 bits per heavy atom. The van der Waals surface area contributed by atoms with E-state index >= 15 is 0 Å². The van der Waals surface area contributed by atoms with Gasteiger partial charge in [-0.2, -0.15) is 0 Å². The zero-order valence-electron chi connectivity index (χ0n) is 9.90. The first kappa shape index (κ1) is 13.6. The molecule has 92 valence electrons. The topological polar surface area (TPSA) is 35.5 Å². The van der Waals surface area contributed by atoms with E-state index < -0.39 is 0 Å². The van der Waals surface area contributed by atoms with Crippen molar-refractivity contribution in [3.8, 4) is 11.5 Å². The van der Waals surface area contributed by atoms with Gasteiger partial charge in [0.05, 0.1) is 12.2 Å². The summed E-state index contributed by atoms with van der Waals surface area (Å²) in [5.41, 5.74) is 2.79. The van der Waals surface area contributed by atoms with Crippen LogP contribution in [0.4, 0.5) is 0 Å². The molecule has 1 aromatic rings. The van der Waals surface area contributed by atoms with E-state index in [0.717, 1.165) is 11.9 Å². The summed E-state index contributed by atoms with van der Waals surface area (Å²) in [4.78, 5) is 10.9. The molecule has 0 aliphatic carbocycles. The fraction of sp³-hybridized carbons (Fsp3) is 0.308. The molecule has 0 fully saturated rings. The highest BCUT2D eigenvalue weighted by Crippen LogP contribution is 2.30. The first-order valence-corrected chi connectivity index (χ1v) is 5.76. The van der Waals surface area contributed by atoms with Gasteiger partial charge < -0.3 is 9.47 Å². The van der Waals surface area contributed by atoms with Crippen LogP contribution in [0.2, 0.25) is 0 Å². The van der Waals surface area contributed by atoms with E-state index in [1.165, 1.54) is 5.54 Å². The number of benzene rings is 1. The second-order valence-electron chi connectivity index (χ2n) is 3.47. The van der Waals surface area contributed by atoms with Crippen LogP contribution in [0, 0.1) is 0 Å². The minimum atomic E-state index is 0.328. The van der Waals surface area contributed by atoms with Crippen LogP contribution < -0.4 is 9.47 Å². The van der Waals surface area contributed by atoms with Gasteiger partial charge in [-0.3, -0.25) is 4.79 Å². The molecule has 17 heavy (non-hydrogen) atoms. The number of rotatable bonds is 6. The minimum absolute atomic E-state index is 0.328. The van der Waals surface area contributed by atoms with Gasteiger partial charge in [0, 0.05) is 5.54 Å². The van der Waals surface area contributed by atoms with E-state index in [4.69, 9.17) is 21.1 Å². The summed E-state index contributed by atoms with van der Waals surface area (Å²) in [5.74, 6) is 1.03. The Morgan fingerprint density at radius 2 is 2.18 bits per heavy atom. The normalized spacial score (nSPS) is 11.1. The SMILES string of the molecule is CCOc1cccc(C=O)c1OC/C(C)=C/Cl. The highest BCUT2D eigenvalue weighted by Gasteiger charge is 2.10. The van der Waals surface area contributed by atoms with Gasteiger partial charge in [0.25, 0.3) is 0 Å². The summed E-state index contributed by atoms with van der Waals surface area (Å²) in [6.45, 7) is 4.57. The van der Waals surface area contributed by atoms with Crippen LogP contribution in [0.1, 0.15) is 24.2 Å². The number of carbonyl (C=O) groups is 1. The second kappa shape index (κ2) is 6.97. The minimum Gasteiger partial charge on any atom is -0.490 e. The van der Waals surface area contributed by atoms with Gasteiger partial charge in [-0.25, -0.2) is 0 Å². The van der Waals surface area contributed by atoms with Gasteiger partial charge in [-0.1, -0.05) is 17.7 Å². The molecule has 4 heteroatoms. The van der Waals surface area contributed by atoms with E-state index in [2.05, 4.69) is 0 Å². The van der Waals surface area contributed by atoms with E-state index in [-0.39, 0.29) is 0 Å². The van der Waals surface area contributed by atoms with E-state index in [1.807, 2.05) is 13.8 Å². The lowest BCUT2D eigenvalue weighted by Crippen LogP contribution is -2.04. The van der Waals surface area contributed by atoms with Crippen LogP contribution in [0.15, 0.2) is 29.3 Å². The Hall–Kier alpha value is -1.48. The maximum atomic E-state index is 10.9. The quantitative estimate of drug-likeness (QED) is 0.730. The van der Waals surface area contributed by atoms with Crippen molar-refractivity contribution >= 4 is 17.9 Å². The molecule has 0 saturated carbocycles. The maximum absolute atomic E-state index is 10.9. The highest BCUT2D eigenvalue weighted by molar-refractivity contribution is 6.25. The second-order valence-corrected chi connectivity index (χ2v) is 3.69. The van der Waals surface area contributed by atoms with Crippen molar-refractivity contribution in [3.63, 3.8) is 0 Å². The first-order valence-electron chi connectivity index (χ1n) is 5.32. The number of halogens is 1. The van der Waals surface area contributed by atoms with Crippen molar-refractivity contribution in [2.24, 2.45) is 0 Å². The molecule has 0 heterocycles. The lowest BCUT2D eigenvalue weighted by atomic mass is 10.2. The van der Waals surface area contributed by atoms with Gasteiger partial charge in [-0.15, -0.1) is 0 Å². The van der Waals surface area contributed by atoms with Crippen molar-refractivity contribution in [1.29, 1.82) is 0 Å². The number of ether oxygens (including phenoxy) is 2. The van der Waals surface area contributed by atoms with Crippen molar-refractivity contribution in [1.82, 2.24) is 0 Å². The van der Waals surface area contributed by atoms with Gasteiger partial charge in [0.15, 0.2) is 17.8 Å². The third kappa shape index (κ3) is 3.79. The Morgan fingerprint density at radius 1 is 1.41 bits per heavy atom. The molecule has 0 bridgehead atoms. The third-order valence-electron chi connectivity index (χ3n) is 2.07. The van der Waals surface area contributed by atoms with Gasteiger partial charge >= 0.3 is 0 Å². The highest BCUT2D eigenvalue weighted by atomic mass is 35.5. The largest absolute Gasteiger partial charge is 0.490 e. The zero-order valence-corrected chi connectivity index (χ0v) is 10.7. The van der Waals surface area contributed by atoms with Crippen molar-refractivity contribution in [2.45, 2.75) is 13.8 Å². The molecular formula is C13H15ClO3. The molecule has 0 aromatic heterocycles. The number of hydrogen-bond donors (Lipinski definition) is 0. The van der Waals surface area contributed by atoms with Crippen molar-refractivity contribution in [2.75, 3.05) is 13.2 Å². The Kier molecular flexibility index (Phi) is 5.57. The molecule has 0 aliphatic heterocycles. The smallest absolute Gasteiger partial charge is 0.172 e. The average Bonchev–Trinajstić information content (AvgIpc) is 2.36. The molecule has 0 saturated heterocycles. The molecule has 0 atom stereocenters. The predicted molar refractivity (Wildman–Crippen MR) is 68.1 cm³/mol. The van der Waals surface area contributed by atoms with Crippen LogP contribution in [0.3, 0.4) is 0 Å². The summed E-state index contributed by atoms with van der Waals surface area (Å²) >= 11 is 5.55. The molecule has 0 unspecified atom stereocenters. The van der Waals surface area contributed by atoms with E-state index in [1.54, 1.807) is 18.2 Å². The van der Waals surface area contributed by atoms with Crippen molar-refractivity contribution in [3.05, 3.63) is 34.9 Å². The van der Waals surface area contributed by atoms with Crippen LogP contribution in [0.5, 0.6) is 11.5 Å². The molecular weight excluding hydrogens is 240 g/mol. The van der Waals surface area contributed by atoms with Crippen LogP contribution in [-0.2, 0) is 0 Å². The molecule has 0 spiro atoms. The van der Waals surface area contributed by atoms with Gasteiger partial charge in [0.1, 0.15) is 6.61 Å². The molecule has 3 nitrogen and oxygen atoms in total. The molecule has 0 aliphatic rings. The fourth-order valence-electron chi connectivity index (χ4n) is 1.27. The Bertz CT molecular complexity index is 413. The summed E-state index contributed by atoms with van der Waals surface area (Å²) in [5, 5.41) is 0. The summed E-state index contributed by atoms with van der Waals surface area (Å²) in [6.07, 6.45) is 0.748. The van der Waals surface area contributed by atoms with E-state index in [9.17, 15) is 4.79 Å². The predicted octanol–water partition coefficient (Wildman–Crippen LogP) is 3.42. The first-order chi connectivity index (χ1) is 8.22. The average molecular weight is 255 g/mol. The Labute approximate surface area is 106 Å². The fourth-order valence-corrected chi connectivity index (χ4v) is 1.33. The maximum Gasteiger partial charge on any atom is 0.172 e. The van der Waals surface area contributed by atoms with Gasteiger partial charge in [-0.05, 0) is 31.6 Å². The molecule has 1 rings (SSSR count). The third-order valence-corrected chi connectivity index (χ3v) is 2.44. The number of aldehydes is 1. The molecule has 0 radical (unpaired) electrons. The molecule has 0 N–H and O–H groups in total. The van der Waals surface area contributed by atoms with E-state index in [0.29, 0.717) is 30.3 Å². The zero-order chi connectivity index (χ0) is 12.7. The molecule has 0 amide bonds. The van der Waals surface area contributed by atoms with Crippen molar-refractivity contribution < 1.29 is 14.3 Å². The summed E-state index contributed by atoms with van der Waals surface area (Å²) < 4.78 is 11.0. The van der Waals surface area contributed by atoms with Crippen LogP contribution in [-0.4, -0.2) is 19.5 Å². The van der Waals surface area contributed by atoms with Crippen LogP contribution in [0.25, 0.3) is 0 Å². The van der Waals surface area contributed by atoms with Gasteiger partial charge in [0.2, 0.25) is 0 Å². The summed E-state index contributed by atoms with van der Waals surface area (Å²) in [6, 6.07) is 5.21. The van der Waals surface area contributed by atoms with Crippen LogP contribution >= 0.6 is 11.6 Å².